The molecule has 0 spiro atoms. The first-order valence-corrected chi connectivity index (χ1v) is 10.4. The highest BCUT2D eigenvalue weighted by atomic mass is 16.6. The Kier molecular flexibility index (Phi) is 5.12. The largest absolute Gasteiger partial charge is 0.462 e. The van der Waals surface area contributed by atoms with Gasteiger partial charge in [-0.1, -0.05) is 60.7 Å². The summed E-state index contributed by atoms with van der Waals surface area (Å²) in [6, 6.07) is 20.6. The number of benzene rings is 2. The zero-order valence-electron chi connectivity index (χ0n) is 16.6. The topological polar surface area (TPSA) is 51.3 Å². The number of hydrogen-bond acceptors (Lipinski definition) is 5. The van der Waals surface area contributed by atoms with Crippen LogP contribution in [0.2, 0.25) is 0 Å². The molecule has 2 aromatic rings. The first-order chi connectivity index (χ1) is 14.2. The zero-order valence-corrected chi connectivity index (χ0v) is 16.6. The minimum Gasteiger partial charge on any atom is -0.462 e. The first-order valence-electron chi connectivity index (χ1n) is 10.4. The van der Waals surface area contributed by atoms with Gasteiger partial charge >= 0.3 is 5.97 Å². The normalized spacial score (nSPS) is 31.1. The van der Waals surface area contributed by atoms with Crippen molar-refractivity contribution < 1.29 is 19.0 Å². The molecule has 2 aromatic carbocycles. The van der Waals surface area contributed by atoms with Crippen LogP contribution in [0.3, 0.4) is 0 Å². The average molecular weight is 393 g/mol. The lowest BCUT2D eigenvalue weighted by Crippen LogP contribution is -2.48. The number of likely N-dealkylation sites (N-methyl/N-ethyl adjacent to an activating group) is 1. The number of hydrogen-bond donors (Lipinski definition) is 0. The lowest BCUT2D eigenvalue weighted by Gasteiger charge is -2.38. The van der Waals surface area contributed by atoms with E-state index in [9.17, 15) is 4.79 Å². The summed E-state index contributed by atoms with van der Waals surface area (Å²) in [5.74, 6) is -0.601. The van der Waals surface area contributed by atoms with Crippen molar-refractivity contribution in [2.75, 3.05) is 13.7 Å². The molecule has 6 atom stereocenters. The number of rotatable bonds is 7. The van der Waals surface area contributed by atoms with Gasteiger partial charge in [0.1, 0.15) is 24.2 Å². The van der Waals surface area contributed by atoms with E-state index in [1.165, 1.54) is 0 Å². The fourth-order valence-corrected chi connectivity index (χ4v) is 4.90. The summed E-state index contributed by atoms with van der Waals surface area (Å²) in [6.07, 6.45) is 2.35. The number of epoxide rings is 1. The maximum Gasteiger partial charge on any atom is 0.316 e. The standard InChI is InChI=1S/C24H27NO4/c1-25-20-12-18(13-21(25)23-22(20)29-23)28-24(26)19(17-10-6-3-7-11-17)15-27-14-16-8-4-2-5-9-16/h2-11,18-23H,12-15H2,1H3/t18?,19-,20-,21+,22-,23+/m1/s1. The maximum atomic E-state index is 13.1. The second kappa shape index (κ2) is 7.90. The number of ether oxygens (including phenoxy) is 3. The fraction of sp³-hybridized carbons (Fsp3) is 0.458. The van der Waals surface area contributed by atoms with Gasteiger partial charge in [-0.15, -0.1) is 0 Å². The van der Waals surface area contributed by atoms with Crippen LogP contribution < -0.4 is 0 Å². The van der Waals surface area contributed by atoms with E-state index in [-0.39, 0.29) is 12.1 Å². The monoisotopic (exact) mass is 393 g/mol. The Balaban J connectivity index is 1.23. The molecule has 3 fully saturated rings. The van der Waals surface area contributed by atoms with Crippen LogP contribution in [0.5, 0.6) is 0 Å². The third-order valence-corrected chi connectivity index (χ3v) is 6.54. The van der Waals surface area contributed by atoms with Crippen molar-refractivity contribution >= 4 is 5.97 Å². The van der Waals surface area contributed by atoms with Gasteiger partial charge in [-0.2, -0.15) is 0 Å². The van der Waals surface area contributed by atoms with Crippen LogP contribution in [-0.2, 0) is 25.6 Å². The Hall–Kier alpha value is -2.21. The van der Waals surface area contributed by atoms with E-state index in [1.54, 1.807) is 0 Å². The van der Waals surface area contributed by atoms with Crippen molar-refractivity contribution in [2.24, 2.45) is 0 Å². The summed E-state index contributed by atoms with van der Waals surface area (Å²) in [6.45, 7) is 0.794. The highest BCUT2D eigenvalue weighted by molar-refractivity contribution is 5.78. The Labute approximate surface area is 171 Å². The Bertz CT molecular complexity index is 824. The third kappa shape index (κ3) is 3.82. The molecule has 5 rings (SSSR count). The van der Waals surface area contributed by atoms with Crippen LogP contribution >= 0.6 is 0 Å². The van der Waals surface area contributed by atoms with E-state index >= 15 is 0 Å². The molecule has 0 aromatic heterocycles. The van der Waals surface area contributed by atoms with Gasteiger partial charge in [0, 0.05) is 24.9 Å². The van der Waals surface area contributed by atoms with Crippen LogP contribution in [0, 0.1) is 0 Å². The molecule has 0 N–H and O–H groups in total. The Morgan fingerprint density at radius 1 is 1.03 bits per heavy atom. The van der Waals surface area contributed by atoms with Gasteiger partial charge in [0.15, 0.2) is 0 Å². The molecule has 152 valence electrons. The molecule has 5 nitrogen and oxygen atoms in total. The molecule has 29 heavy (non-hydrogen) atoms. The fourth-order valence-electron chi connectivity index (χ4n) is 4.90. The molecule has 0 amide bonds. The van der Waals surface area contributed by atoms with Crippen molar-refractivity contribution in [2.45, 2.75) is 55.8 Å². The Morgan fingerprint density at radius 2 is 1.66 bits per heavy atom. The predicted octanol–water partition coefficient (Wildman–Crippen LogP) is 3.14. The van der Waals surface area contributed by atoms with Crippen molar-refractivity contribution in [3.8, 4) is 0 Å². The quantitative estimate of drug-likeness (QED) is 0.534. The summed E-state index contributed by atoms with van der Waals surface area (Å²) < 4.78 is 17.7. The summed E-state index contributed by atoms with van der Waals surface area (Å²) in [5, 5.41) is 0. The molecule has 5 heteroatoms. The minimum atomic E-state index is -0.414. The molecule has 0 saturated carbocycles. The Morgan fingerprint density at radius 3 is 2.31 bits per heavy atom. The number of fused-ring (bicyclic) bond motifs is 5. The second-order valence-electron chi connectivity index (χ2n) is 8.36. The van der Waals surface area contributed by atoms with E-state index in [1.807, 2.05) is 60.7 Å². The number of carbonyl (C=O) groups is 1. The highest BCUT2D eigenvalue weighted by Crippen LogP contribution is 2.48. The smallest absolute Gasteiger partial charge is 0.316 e. The molecule has 3 heterocycles. The van der Waals surface area contributed by atoms with Gasteiger partial charge in [0.2, 0.25) is 0 Å². The van der Waals surface area contributed by atoms with Gasteiger partial charge in [0.05, 0.1) is 13.2 Å². The van der Waals surface area contributed by atoms with Crippen LogP contribution in [0.4, 0.5) is 0 Å². The average Bonchev–Trinajstić information content (AvgIpc) is 3.51. The summed E-state index contributed by atoms with van der Waals surface area (Å²) in [5.41, 5.74) is 2.03. The number of piperidine rings is 1. The van der Waals surface area contributed by atoms with E-state index in [0.717, 1.165) is 24.0 Å². The van der Waals surface area contributed by atoms with Crippen LogP contribution in [0.1, 0.15) is 29.9 Å². The minimum absolute atomic E-state index is 0.0366. The molecule has 3 saturated heterocycles. The number of carbonyl (C=O) groups excluding carboxylic acids is 1. The molecule has 1 unspecified atom stereocenters. The molecular weight excluding hydrogens is 366 g/mol. The van der Waals surface area contributed by atoms with Crippen LogP contribution in [-0.4, -0.2) is 54.9 Å². The van der Waals surface area contributed by atoms with Gasteiger partial charge in [-0.05, 0) is 18.2 Å². The molecule has 2 bridgehead atoms. The van der Waals surface area contributed by atoms with E-state index in [2.05, 4.69) is 11.9 Å². The number of esters is 1. The van der Waals surface area contributed by atoms with Crippen molar-refractivity contribution in [3.63, 3.8) is 0 Å². The third-order valence-electron chi connectivity index (χ3n) is 6.54. The molecular formula is C24H27NO4. The van der Waals surface area contributed by atoms with Gasteiger partial charge in [-0.3, -0.25) is 9.69 Å². The lowest BCUT2D eigenvalue weighted by molar-refractivity contribution is -0.157. The van der Waals surface area contributed by atoms with Gasteiger partial charge < -0.3 is 14.2 Å². The van der Waals surface area contributed by atoms with Crippen LogP contribution in [0.15, 0.2) is 60.7 Å². The highest BCUT2D eigenvalue weighted by Gasteiger charge is 2.62. The first kappa shape index (κ1) is 18.8. The molecule has 0 aliphatic carbocycles. The van der Waals surface area contributed by atoms with Crippen molar-refractivity contribution in [1.29, 1.82) is 0 Å². The lowest BCUT2D eigenvalue weighted by atomic mass is 9.97. The summed E-state index contributed by atoms with van der Waals surface area (Å²) >= 11 is 0. The van der Waals surface area contributed by atoms with Crippen LogP contribution in [0.25, 0.3) is 0 Å². The number of morpholine rings is 1. The van der Waals surface area contributed by atoms with Gasteiger partial charge in [-0.25, -0.2) is 0 Å². The molecule has 3 aliphatic rings. The molecule has 0 radical (unpaired) electrons. The van der Waals surface area contributed by atoms with Crippen molar-refractivity contribution in [3.05, 3.63) is 71.8 Å². The van der Waals surface area contributed by atoms with E-state index in [0.29, 0.717) is 37.5 Å². The summed E-state index contributed by atoms with van der Waals surface area (Å²) in [7, 11) is 2.16. The maximum absolute atomic E-state index is 13.1. The predicted molar refractivity (Wildman–Crippen MR) is 108 cm³/mol. The second-order valence-corrected chi connectivity index (χ2v) is 8.36. The number of nitrogens with zero attached hydrogens (tertiary/aromatic N) is 1. The zero-order chi connectivity index (χ0) is 19.8. The summed E-state index contributed by atoms with van der Waals surface area (Å²) in [4.78, 5) is 15.5. The molecule has 3 aliphatic heterocycles. The SMILES string of the molecule is CN1[C@@H]2CC(OC(=O)[C@H](COCc3ccccc3)c3ccccc3)C[C@H]1[C@@H]1O[C@@H]12. The van der Waals surface area contributed by atoms with E-state index < -0.39 is 5.92 Å². The van der Waals surface area contributed by atoms with E-state index in [4.69, 9.17) is 14.2 Å². The van der Waals surface area contributed by atoms with Gasteiger partial charge in [0.25, 0.3) is 0 Å². The van der Waals surface area contributed by atoms with Crippen molar-refractivity contribution in [1.82, 2.24) is 4.90 Å².